The topological polar surface area (TPSA) is 38.9 Å². The standard InChI is InChI=1S/C24H22N2S/c1-17-11-13-19(14-12-17)22(23-16-27-24(25)26-23)15-20-9-5-6-10-21(20)18-7-3-2-4-8-18/h2-14,16,22H,15H2,1H3,(H2,25,26). The second-order valence-corrected chi connectivity index (χ2v) is 7.69. The van der Waals surface area contributed by atoms with Crippen molar-refractivity contribution in [1.82, 2.24) is 4.98 Å². The normalized spacial score (nSPS) is 12.0. The first kappa shape index (κ1) is 17.5. The Balaban J connectivity index is 1.76. The molecule has 2 N–H and O–H groups in total. The lowest BCUT2D eigenvalue weighted by Gasteiger charge is -2.18. The zero-order chi connectivity index (χ0) is 18.6. The van der Waals surface area contributed by atoms with Gasteiger partial charge in [0.1, 0.15) is 0 Å². The summed E-state index contributed by atoms with van der Waals surface area (Å²) in [6.07, 6.45) is 0.886. The molecule has 0 aliphatic rings. The highest BCUT2D eigenvalue weighted by Crippen LogP contribution is 2.33. The van der Waals surface area contributed by atoms with Crippen molar-refractivity contribution in [3.05, 3.63) is 107 Å². The van der Waals surface area contributed by atoms with Gasteiger partial charge in [0, 0.05) is 11.3 Å². The van der Waals surface area contributed by atoms with E-state index in [1.807, 2.05) is 0 Å². The lowest BCUT2D eigenvalue weighted by Crippen LogP contribution is -2.07. The molecule has 0 spiro atoms. The van der Waals surface area contributed by atoms with Crippen molar-refractivity contribution >= 4 is 16.5 Å². The van der Waals surface area contributed by atoms with Crippen molar-refractivity contribution in [2.45, 2.75) is 19.3 Å². The molecule has 3 heteroatoms. The highest BCUT2D eigenvalue weighted by molar-refractivity contribution is 7.13. The second-order valence-electron chi connectivity index (χ2n) is 6.80. The average molecular weight is 371 g/mol. The summed E-state index contributed by atoms with van der Waals surface area (Å²) >= 11 is 1.51. The molecule has 0 aliphatic heterocycles. The van der Waals surface area contributed by atoms with Gasteiger partial charge in [0.15, 0.2) is 5.13 Å². The predicted molar refractivity (Wildman–Crippen MR) is 115 cm³/mol. The second kappa shape index (κ2) is 7.77. The number of aryl methyl sites for hydroxylation is 1. The molecule has 27 heavy (non-hydrogen) atoms. The minimum Gasteiger partial charge on any atom is -0.375 e. The molecular formula is C24H22N2S. The van der Waals surface area contributed by atoms with E-state index in [1.165, 1.54) is 39.2 Å². The molecular weight excluding hydrogens is 348 g/mol. The van der Waals surface area contributed by atoms with Gasteiger partial charge in [0.05, 0.1) is 5.69 Å². The van der Waals surface area contributed by atoms with E-state index in [9.17, 15) is 0 Å². The molecule has 1 atom stereocenters. The lowest BCUT2D eigenvalue weighted by molar-refractivity contribution is 0.783. The molecule has 4 aromatic rings. The number of anilines is 1. The van der Waals surface area contributed by atoms with Crippen molar-refractivity contribution < 1.29 is 0 Å². The Bertz CT molecular complexity index is 1020. The van der Waals surface area contributed by atoms with Crippen LogP contribution in [0.5, 0.6) is 0 Å². The number of hydrogen-bond donors (Lipinski definition) is 1. The number of benzene rings is 3. The summed E-state index contributed by atoms with van der Waals surface area (Å²) < 4.78 is 0. The minimum atomic E-state index is 0.184. The number of nitrogens with two attached hydrogens (primary N) is 1. The lowest BCUT2D eigenvalue weighted by atomic mass is 9.86. The SMILES string of the molecule is Cc1ccc(C(Cc2ccccc2-c2ccccc2)c2csc(N)n2)cc1. The molecule has 0 aliphatic carbocycles. The zero-order valence-corrected chi connectivity index (χ0v) is 16.1. The Morgan fingerprint density at radius 3 is 2.30 bits per heavy atom. The van der Waals surface area contributed by atoms with Crippen molar-refractivity contribution in [1.29, 1.82) is 0 Å². The van der Waals surface area contributed by atoms with Crippen LogP contribution in [0.25, 0.3) is 11.1 Å². The minimum absolute atomic E-state index is 0.184. The van der Waals surface area contributed by atoms with Gasteiger partial charge < -0.3 is 5.73 Å². The first-order valence-electron chi connectivity index (χ1n) is 9.11. The molecule has 0 saturated carbocycles. The Hall–Kier alpha value is -2.91. The first-order chi connectivity index (χ1) is 13.2. The predicted octanol–water partition coefficient (Wildman–Crippen LogP) is 6.08. The van der Waals surface area contributed by atoms with Crippen LogP contribution >= 0.6 is 11.3 Å². The Morgan fingerprint density at radius 1 is 0.889 bits per heavy atom. The highest BCUT2D eigenvalue weighted by atomic mass is 32.1. The zero-order valence-electron chi connectivity index (χ0n) is 15.3. The van der Waals surface area contributed by atoms with Crippen molar-refractivity contribution in [3.8, 4) is 11.1 Å². The van der Waals surface area contributed by atoms with E-state index in [1.54, 1.807) is 0 Å². The molecule has 4 rings (SSSR count). The number of hydrogen-bond acceptors (Lipinski definition) is 3. The van der Waals surface area contributed by atoms with Crippen LogP contribution < -0.4 is 5.73 Å². The Labute approximate surface area is 164 Å². The molecule has 134 valence electrons. The molecule has 3 aromatic carbocycles. The smallest absolute Gasteiger partial charge is 0.180 e. The fraction of sp³-hybridized carbons (Fsp3) is 0.125. The van der Waals surface area contributed by atoms with E-state index >= 15 is 0 Å². The van der Waals surface area contributed by atoms with E-state index in [0.717, 1.165) is 12.1 Å². The molecule has 0 radical (unpaired) electrons. The van der Waals surface area contributed by atoms with E-state index in [2.05, 4.69) is 96.2 Å². The van der Waals surface area contributed by atoms with Gasteiger partial charge in [0.2, 0.25) is 0 Å². The summed E-state index contributed by atoms with van der Waals surface area (Å²) in [5.41, 5.74) is 13.4. The fourth-order valence-corrected chi connectivity index (χ4v) is 4.09. The Kier molecular flexibility index (Phi) is 5.03. The summed E-state index contributed by atoms with van der Waals surface area (Å²) in [5.74, 6) is 0.184. The largest absolute Gasteiger partial charge is 0.375 e. The van der Waals surface area contributed by atoms with E-state index in [-0.39, 0.29) is 5.92 Å². The van der Waals surface area contributed by atoms with Crippen LogP contribution in [0.3, 0.4) is 0 Å². The molecule has 0 amide bonds. The molecule has 0 fully saturated rings. The summed E-state index contributed by atoms with van der Waals surface area (Å²) in [6.45, 7) is 2.12. The molecule has 0 bridgehead atoms. The third-order valence-electron chi connectivity index (χ3n) is 4.90. The fourth-order valence-electron chi connectivity index (χ4n) is 3.47. The van der Waals surface area contributed by atoms with Gasteiger partial charge in [0.25, 0.3) is 0 Å². The van der Waals surface area contributed by atoms with Gasteiger partial charge in [-0.15, -0.1) is 11.3 Å². The summed E-state index contributed by atoms with van der Waals surface area (Å²) in [7, 11) is 0. The number of aromatic nitrogens is 1. The average Bonchev–Trinajstić information content (AvgIpc) is 3.14. The maximum Gasteiger partial charge on any atom is 0.180 e. The van der Waals surface area contributed by atoms with E-state index < -0.39 is 0 Å². The van der Waals surface area contributed by atoms with Crippen LogP contribution in [0.2, 0.25) is 0 Å². The van der Waals surface area contributed by atoms with Crippen LogP contribution in [0.15, 0.2) is 84.2 Å². The maximum atomic E-state index is 5.94. The van der Waals surface area contributed by atoms with Crippen LogP contribution in [0.4, 0.5) is 5.13 Å². The van der Waals surface area contributed by atoms with Crippen molar-refractivity contribution in [3.63, 3.8) is 0 Å². The molecule has 2 nitrogen and oxygen atoms in total. The van der Waals surface area contributed by atoms with E-state index in [0.29, 0.717) is 5.13 Å². The molecule has 1 aromatic heterocycles. The molecule has 0 saturated heterocycles. The summed E-state index contributed by atoms with van der Waals surface area (Å²) in [6, 6.07) is 28.0. The third-order valence-corrected chi connectivity index (χ3v) is 5.59. The monoisotopic (exact) mass is 370 g/mol. The quantitative estimate of drug-likeness (QED) is 0.463. The van der Waals surface area contributed by atoms with Crippen molar-refractivity contribution in [2.24, 2.45) is 0 Å². The van der Waals surface area contributed by atoms with E-state index in [4.69, 9.17) is 5.73 Å². The van der Waals surface area contributed by atoms with Crippen LogP contribution in [-0.4, -0.2) is 4.98 Å². The number of nitrogens with zero attached hydrogens (tertiary/aromatic N) is 1. The van der Waals surface area contributed by atoms with Gasteiger partial charge >= 0.3 is 0 Å². The van der Waals surface area contributed by atoms with Crippen LogP contribution in [0, 0.1) is 6.92 Å². The number of nitrogen functional groups attached to an aromatic ring is 1. The maximum absolute atomic E-state index is 5.94. The summed E-state index contributed by atoms with van der Waals surface area (Å²) in [5, 5.41) is 2.71. The van der Waals surface area contributed by atoms with Crippen LogP contribution in [0.1, 0.15) is 28.3 Å². The van der Waals surface area contributed by atoms with Crippen molar-refractivity contribution in [2.75, 3.05) is 5.73 Å². The highest BCUT2D eigenvalue weighted by Gasteiger charge is 2.19. The Morgan fingerprint density at radius 2 is 1.59 bits per heavy atom. The number of rotatable bonds is 5. The first-order valence-corrected chi connectivity index (χ1v) is 9.99. The molecule has 1 heterocycles. The molecule has 1 unspecified atom stereocenters. The van der Waals surface area contributed by atoms with Gasteiger partial charge in [-0.2, -0.15) is 0 Å². The van der Waals surface area contributed by atoms with Gasteiger partial charge in [-0.25, -0.2) is 4.98 Å². The van der Waals surface area contributed by atoms with Gasteiger partial charge in [-0.1, -0.05) is 84.4 Å². The third kappa shape index (κ3) is 3.93. The number of thiazole rings is 1. The van der Waals surface area contributed by atoms with Gasteiger partial charge in [-0.3, -0.25) is 0 Å². The van der Waals surface area contributed by atoms with Crippen LogP contribution in [-0.2, 0) is 6.42 Å². The van der Waals surface area contributed by atoms with Gasteiger partial charge in [-0.05, 0) is 35.6 Å². The summed E-state index contributed by atoms with van der Waals surface area (Å²) in [4.78, 5) is 4.60.